The van der Waals surface area contributed by atoms with Crippen molar-refractivity contribution in [3.63, 3.8) is 0 Å². The Morgan fingerprint density at radius 3 is 2.61 bits per heavy atom. The fourth-order valence-corrected chi connectivity index (χ4v) is 1.65. The second-order valence-electron chi connectivity index (χ2n) is 4.71. The molecule has 0 aliphatic rings. The Morgan fingerprint density at radius 2 is 2.00 bits per heavy atom. The molecule has 0 fully saturated rings. The van der Waals surface area contributed by atoms with Crippen molar-refractivity contribution in [3.05, 3.63) is 42.2 Å². The first-order valence-corrected chi connectivity index (χ1v) is 6.14. The number of ether oxygens (including phenoxy) is 1. The molecule has 1 unspecified atom stereocenters. The van der Waals surface area contributed by atoms with E-state index in [-0.39, 0.29) is 6.04 Å². The lowest BCUT2D eigenvalue weighted by Crippen LogP contribution is -2.04. The van der Waals surface area contributed by atoms with Crippen molar-refractivity contribution in [2.75, 3.05) is 0 Å². The van der Waals surface area contributed by atoms with Gasteiger partial charge in [-0.05, 0) is 38.5 Å². The van der Waals surface area contributed by atoms with Gasteiger partial charge < -0.3 is 10.5 Å². The van der Waals surface area contributed by atoms with Gasteiger partial charge in [0.15, 0.2) is 5.75 Å². The van der Waals surface area contributed by atoms with Gasteiger partial charge in [0.05, 0.1) is 12.4 Å². The largest absolute Gasteiger partial charge is 0.454 e. The predicted octanol–water partition coefficient (Wildman–Crippen LogP) is 3.28. The second kappa shape index (κ2) is 5.23. The number of nitrogens with zero attached hydrogens (tertiary/aromatic N) is 2. The number of hydrogen-bond donors (Lipinski definition) is 1. The summed E-state index contributed by atoms with van der Waals surface area (Å²) in [5.74, 6) is 1.53. The first kappa shape index (κ1) is 12.6. The summed E-state index contributed by atoms with van der Waals surface area (Å²) < 4.78 is 7.63. The van der Waals surface area contributed by atoms with Gasteiger partial charge in [0, 0.05) is 12.1 Å². The van der Waals surface area contributed by atoms with Gasteiger partial charge in [0.25, 0.3) is 0 Å². The van der Waals surface area contributed by atoms with Gasteiger partial charge in [-0.15, -0.1) is 0 Å². The normalized spacial score (nSPS) is 12.7. The van der Waals surface area contributed by atoms with Gasteiger partial charge in [-0.3, -0.25) is 4.68 Å². The van der Waals surface area contributed by atoms with Crippen LogP contribution in [-0.4, -0.2) is 9.78 Å². The van der Waals surface area contributed by atoms with Crippen molar-refractivity contribution in [2.45, 2.75) is 32.9 Å². The summed E-state index contributed by atoms with van der Waals surface area (Å²) in [4.78, 5) is 0. The Bertz CT molecular complexity index is 517. The van der Waals surface area contributed by atoms with Crippen molar-refractivity contribution in [1.82, 2.24) is 9.78 Å². The van der Waals surface area contributed by atoms with Crippen LogP contribution in [0.15, 0.2) is 36.7 Å². The van der Waals surface area contributed by atoms with E-state index in [0.29, 0.717) is 6.04 Å². The van der Waals surface area contributed by atoms with Crippen LogP contribution in [0.4, 0.5) is 0 Å². The number of aromatic nitrogens is 2. The van der Waals surface area contributed by atoms with Crippen LogP contribution in [0.3, 0.4) is 0 Å². The first-order chi connectivity index (χ1) is 8.56. The van der Waals surface area contributed by atoms with E-state index in [1.807, 2.05) is 42.1 Å². The summed E-state index contributed by atoms with van der Waals surface area (Å²) in [6, 6.07) is 8.15. The molecule has 1 aromatic carbocycles. The molecule has 1 aromatic heterocycles. The van der Waals surface area contributed by atoms with Crippen LogP contribution in [0.5, 0.6) is 11.5 Å². The summed E-state index contributed by atoms with van der Waals surface area (Å²) in [5, 5.41) is 4.24. The maximum atomic E-state index is 5.85. The maximum absolute atomic E-state index is 5.85. The minimum atomic E-state index is 0.00642. The highest BCUT2D eigenvalue weighted by molar-refractivity contribution is 5.33. The highest BCUT2D eigenvalue weighted by Crippen LogP contribution is 2.24. The molecule has 2 aromatic rings. The fraction of sp³-hybridized carbons (Fsp3) is 0.357. The Balaban J connectivity index is 2.15. The van der Waals surface area contributed by atoms with Gasteiger partial charge in [-0.2, -0.15) is 5.10 Å². The monoisotopic (exact) mass is 245 g/mol. The Labute approximate surface area is 107 Å². The molecular weight excluding hydrogens is 226 g/mol. The third kappa shape index (κ3) is 2.90. The molecule has 0 amide bonds. The highest BCUT2D eigenvalue weighted by Gasteiger charge is 2.05. The SMILES string of the molecule is CC(N)c1cccc(Oc2cnn(C(C)C)c2)c1. The van der Waals surface area contributed by atoms with Crippen LogP contribution in [-0.2, 0) is 0 Å². The lowest BCUT2D eigenvalue weighted by atomic mass is 10.1. The van der Waals surface area contributed by atoms with Crippen LogP contribution < -0.4 is 10.5 Å². The molecule has 0 aliphatic heterocycles. The van der Waals surface area contributed by atoms with E-state index in [2.05, 4.69) is 18.9 Å². The van der Waals surface area contributed by atoms with Gasteiger partial charge in [-0.1, -0.05) is 12.1 Å². The predicted molar refractivity (Wildman–Crippen MR) is 71.7 cm³/mol. The van der Waals surface area contributed by atoms with Gasteiger partial charge >= 0.3 is 0 Å². The summed E-state index contributed by atoms with van der Waals surface area (Å²) in [6.45, 7) is 6.11. The molecule has 1 atom stereocenters. The van der Waals surface area contributed by atoms with E-state index in [1.54, 1.807) is 6.20 Å². The third-order valence-electron chi connectivity index (χ3n) is 2.73. The molecule has 0 saturated heterocycles. The van der Waals surface area contributed by atoms with Crippen molar-refractivity contribution >= 4 is 0 Å². The number of hydrogen-bond acceptors (Lipinski definition) is 3. The van der Waals surface area contributed by atoms with Crippen LogP contribution in [0, 0.1) is 0 Å². The fourth-order valence-electron chi connectivity index (χ4n) is 1.65. The lowest BCUT2D eigenvalue weighted by Gasteiger charge is -2.08. The topological polar surface area (TPSA) is 53.1 Å². The van der Waals surface area contributed by atoms with E-state index in [4.69, 9.17) is 10.5 Å². The van der Waals surface area contributed by atoms with E-state index in [1.165, 1.54) is 0 Å². The smallest absolute Gasteiger partial charge is 0.165 e. The molecule has 2 N–H and O–H groups in total. The molecule has 0 spiro atoms. The van der Waals surface area contributed by atoms with Crippen LogP contribution in [0.2, 0.25) is 0 Å². The van der Waals surface area contributed by atoms with Crippen LogP contribution >= 0.6 is 0 Å². The second-order valence-corrected chi connectivity index (χ2v) is 4.71. The van der Waals surface area contributed by atoms with Crippen molar-refractivity contribution in [2.24, 2.45) is 5.73 Å². The molecule has 0 aliphatic carbocycles. The Morgan fingerprint density at radius 1 is 1.22 bits per heavy atom. The lowest BCUT2D eigenvalue weighted by molar-refractivity contribution is 0.476. The summed E-state index contributed by atoms with van der Waals surface area (Å²) in [6.07, 6.45) is 3.61. The molecule has 2 rings (SSSR count). The first-order valence-electron chi connectivity index (χ1n) is 6.14. The average molecular weight is 245 g/mol. The zero-order valence-electron chi connectivity index (χ0n) is 11.0. The van der Waals surface area contributed by atoms with Gasteiger partial charge in [0.1, 0.15) is 5.75 Å². The van der Waals surface area contributed by atoms with Gasteiger partial charge in [-0.25, -0.2) is 0 Å². The van der Waals surface area contributed by atoms with Crippen molar-refractivity contribution in [1.29, 1.82) is 0 Å². The standard InChI is InChI=1S/C14H19N3O/c1-10(2)17-9-14(8-16-17)18-13-6-4-5-12(7-13)11(3)15/h4-11H,15H2,1-3H3. The molecule has 0 bridgehead atoms. The highest BCUT2D eigenvalue weighted by atomic mass is 16.5. The molecule has 1 heterocycles. The zero-order chi connectivity index (χ0) is 13.1. The number of nitrogens with two attached hydrogens (primary N) is 1. The zero-order valence-corrected chi connectivity index (χ0v) is 11.0. The summed E-state index contributed by atoms with van der Waals surface area (Å²) >= 11 is 0. The number of rotatable bonds is 4. The molecule has 96 valence electrons. The van der Waals surface area contributed by atoms with E-state index < -0.39 is 0 Å². The Kier molecular flexibility index (Phi) is 3.67. The summed E-state index contributed by atoms with van der Waals surface area (Å²) in [7, 11) is 0. The van der Waals surface area contributed by atoms with E-state index >= 15 is 0 Å². The van der Waals surface area contributed by atoms with E-state index in [0.717, 1.165) is 17.1 Å². The molecule has 0 radical (unpaired) electrons. The summed E-state index contributed by atoms with van der Waals surface area (Å²) in [5.41, 5.74) is 6.91. The van der Waals surface area contributed by atoms with Crippen molar-refractivity contribution in [3.8, 4) is 11.5 Å². The molecular formula is C14H19N3O. The van der Waals surface area contributed by atoms with Crippen molar-refractivity contribution < 1.29 is 4.74 Å². The molecule has 4 heteroatoms. The Hall–Kier alpha value is -1.81. The quantitative estimate of drug-likeness (QED) is 0.899. The third-order valence-corrected chi connectivity index (χ3v) is 2.73. The molecule has 0 saturated carbocycles. The van der Waals surface area contributed by atoms with E-state index in [9.17, 15) is 0 Å². The van der Waals surface area contributed by atoms with Gasteiger partial charge in [0.2, 0.25) is 0 Å². The maximum Gasteiger partial charge on any atom is 0.165 e. The van der Waals surface area contributed by atoms with Crippen LogP contribution in [0.1, 0.15) is 38.4 Å². The molecule has 18 heavy (non-hydrogen) atoms. The molecule has 4 nitrogen and oxygen atoms in total. The minimum absolute atomic E-state index is 0.00642. The minimum Gasteiger partial charge on any atom is -0.454 e. The van der Waals surface area contributed by atoms with Crippen LogP contribution in [0.25, 0.3) is 0 Å². The average Bonchev–Trinajstić information content (AvgIpc) is 2.78. The number of benzene rings is 1.